The van der Waals surface area contributed by atoms with Gasteiger partial charge in [0.05, 0.1) is 16.8 Å². The molecule has 0 bridgehead atoms. The molecule has 1 aliphatic rings. The van der Waals surface area contributed by atoms with Crippen molar-refractivity contribution in [1.82, 2.24) is 9.97 Å². The van der Waals surface area contributed by atoms with E-state index in [-0.39, 0.29) is 0 Å². The molecule has 0 aliphatic heterocycles. The van der Waals surface area contributed by atoms with Gasteiger partial charge in [-0.05, 0) is 31.2 Å². The lowest BCUT2D eigenvalue weighted by Crippen LogP contribution is -2.19. The number of thiazole rings is 1. The number of pyridine rings is 1. The van der Waals surface area contributed by atoms with E-state index in [4.69, 9.17) is 0 Å². The lowest BCUT2D eigenvalue weighted by Gasteiger charge is -2.15. The highest BCUT2D eigenvalue weighted by Crippen LogP contribution is 2.34. The molecule has 2 aromatic rings. The van der Waals surface area contributed by atoms with E-state index >= 15 is 0 Å². The summed E-state index contributed by atoms with van der Waals surface area (Å²) in [5, 5.41) is 2.83. The Morgan fingerprint density at radius 1 is 1.43 bits per heavy atom. The smallest absolute Gasteiger partial charge is 0.298 e. The monoisotopic (exact) mass is 341 g/mol. The summed E-state index contributed by atoms with van der Waals surface area (Å²) < 4.78 is 38.8. The first-order chi connectivity index (χ1) is 10.8. The van der Waals surface area contributed by atoms with Crippen molar-refractivity contribution in [3.05, 3.63) is 40.2 Å². The van der Waals surface area contributed by atoms with Gasteiger partial charge in [-0.25, -0.2) is 4.98 Å². The molecular formula is C15H14F3N3OS. The summed E-state index contributed by atoms with van der Waals surface area (Å²) in [5.41, 5.74) is -0.560. The summed E-state index contributed by atoms with van der Waals surface area (Å²) in [6.07, 6.45) is -0.0365. The van der Waals surface area contributed by atoms with Crippen LogP contribution in [0.4, 0.5) is 18.3 Å². The predicted molar refractivity (Wildman–Crippen MR) is 80.5 cm³/mol. The first kappa shape index (κ1) is 15.9. The molecule has 2 aromatic heterocycles. The number of nitrogens with one attached hydrogen (secondary N) is 1. The number of hydrogen-bond acceptors (Lipinski definition) is 4. The molecule has 1 amide bonds. The zero-order valence-electron chi connectivity index (χ0n) is 12.3. The van der Waals surface area contributed by atoms with Crippen molar-refractivity contribution in [2.75, 3.05) is 5.32 Å². The highest BCUT2D eigenvalue weighted by molar-refractivity contribution is 7.15. The van der Waals surface area contributed by atoms with Crippen LogP contribution >= 0.6 is 11.3 Å². The number of carbonyl (C=O) groups is 1. The first-order valence-electron chi connectivity index (χ1n) is 7.15. The number of anilines is 1. The largest absolute Gasteiger partial charge is 0.418 e. The minimum atomic E-state index is -4.63. The van der Waals surface area contributed by atoms with Crippen molar-refractivity contribution < 1.29 is 18.0 Å². The van der Waals surface area contributed by atoms with Crippen LogP contribution in [0.2, 0.25) is 0 Å². The predicted octanol–water partition coefficient (Wildman–Crippen LogP) is 3.93. The van der Waals surface area contributed by atoms with E-state index in [1.54, 1.807) is 0 Å². The van der Waals surface area contributed by atoms with Crippen molar-refractivity contribution >= 4 is 22.4 Å². The van der Waals surface area contributed by atoms with Gasteiger partial charge in [0.25, 0.3) is 5.91 Å². The van der Waals surface area contributed by atoms with Crippen LogP contribution in [0, 0.1) is 5.92 Å². The van der Waals surface area contributed by atoms with Gasteiger partial charge in [-0.2, -0.15) is 13.2 Å². The molecule has 2 heterocycles. The summed E-state index contributed by atoms with van der Waals surface area (Å²) in [7, 11) is 0. The van der Waals surface area contributed by atoms with Gasteiger partial charge in [-0.3, -0.25) is 15.1 Å². The second kappa shape index (κ2) is 5.92. The molecule has 0 saturated heterocycles. The number of aromatic nitrogens is 2. The van der Waals surface area contributed by atoms with E-state index in [2.05, 4.69) is 22.2 Å². The van der Waals surface area contributed by atoms with Gasteiger partial charge in [0.1, 0.15) is 0 Å². The standard InChI is InChI=1S/C15H14F3N3OS/c1-8-2-3-11-12(6-8)23-14(20-11)21-13(22)9-4-5-19-7-10(9)15(16,17)18/h4-5,7-8H,2-3,6H2,1H3,(H,20,21,22)/t8-/m1/s1. The molecule has 0 unspecified atom stereocenters. The van der Waals surface area contributed by atoms with Crippen LogP contribution in [-0.4, -0.2) is 15.9 Å². The lowest BCUT2D eigenvalue weighted by molar-refractivity contribution is -0.138. The van der Waals surface area contributed by atoms with Gasteiger partial charge < -0.3 is 0 Å². The fraction of sp³-hybridized carbons (Fsp3) is 0.400. The van der Waals surface area contributed by atoms with Crippen LogP contribution in [0.1, 0.15) is 39.8 Å². The van der Waals surface area contributed by atoms with Crippen molar-refractivity contribution in [3.63, 3.8) is 0 Å². The Kier molecular flexibility index (Phi) is 4.09. The number of hydrogen-bond donors (Lipinski definition) is 1. The third-order valence-corrected chi connectivity index (χ3v) is 4.81. The molecule has 8 heteroatoms. The second-order valence-electron chi connectivity index (χ2n) is 5.61. The van der Waals surface area contributed by atoms with Gasteiger partial charge in [-0.1, -0.05) is 6.92 Å². The first-order valence-corrected chi connectivity index (χ1v) is 7.97. The second-order valence-corrected chi connectivity index (χ2v) is 6.69. The molecule has 1 atom stereocenters. The molecule has 0 saturated carbocycles. The Hall–Kier alpha value is -1.96. The van der Waals surface area contributed by atoms with Crippen LogP contribution in [-0.2, 0) is 19.0 Å². The van der Waals surface area contributed by atoms with Gasteiger partial charge in [0.2, 0.25) is 0 Å². The van der Waals surface area contributed by atoms with Crippen molar-refractivity contribution in [3.8, 4) is 0 Å². The number of aryl methyl sites for hydroxylation is 1. The zero-order valence-corrected chi connectivity index (χ0v) is 13.1. The molecule has 4 nitrogen and oxygen atoms in total. The van der Waals surface area contributed by atoms with E-state index in [1.165, 1.54) is 17.5 Å². The average molecular weight is 341 g/mol. The number of rotatable bonds is 2. The number of halogens is 3. The summed E-state index contributed by atoms with van der Waals surface area (Å²) in [6.45, 7) is 2.15. The molecule has 0 fully saturated rings. The molecule has 122 valence electrons. The van der Waals surface area contributed by atoms with Crippen LogP contribution in [0.3, 0.4) is 0 Å². The van der Waals surface area contributed by atoms with E-state index < -0.39 is 23.2 Å². The molecular weight excluding hydrogens is 327 g/mol. The minimum Gasteiger partial charge on any atom is -0.298 e. The average Bonchev–Trinajstić information content (AvgIpc) is 2.87. The third-order valence-electron chi connectivity index (χ3n) is 3.78. The number of carbonyl (C=O) groups excluding carboxylic acids is 1. The third kappa shape index (κ3) is 3.36. The molecule has 1 N–H and O–H groups in total. The van der Waals surface area contributed by atoms with E-state index in [9.17, 15) is 18.0 Å². The van der Waals surface area contributed by atoms with Crippen molar-refractivity contribution in [2.45, 2.75) is 32.4 Å². The molecule has 1 aliphatic carbocycles. The highest BCUT2D eigenvalue weighted by Gasteiger charge is 2.35. The fourth-order valence-corrected chi connectivity index (χ4v) is 3.74. The SMILES string of the molecule is C[C@@H]1CCc2nc(NC(=O)c3ccncc3C(F)(F)F)sc2C1. The Morgan fingerprint density at radius 2 is 2.22 bits per heavy atom. The summed E-state index contributed by atoms with van der Waals surface area (Å²) in [5.74, 6) is -0.262. The highest BCUT2D eigenvalue weighted by atomic mass is 32.1. The van der Waals surface area contributed by atoms with E-state index in [1.807, 2.05) is 0 Å². The molecule has 0 radical (unpaired) electrons. The fourth-order valence-electron chi connectivity index (χ4n) is 2.58. The Morgan fingerprint density at radius 3 is 2.96 bits per heavy atom. The van der Waals surface area contributed by atoms with Gasteiger partial charge in [0.15, 0.2) is 5.13 Å². The topological polar surface area (TPSA) is 54.9 Å². The zero-order chi connectivity index (χ0) is 16.6. The van der Waals surface area contributed by atoms with Gasteiger partial charge >= 0.3 is 6.18 Å². The molecule has 0 aromatic carbocycles. The van der Waals surface area contributed by atoms with Crippen molar-refractivity contribution in [2.24, 2.45) is 5.92 Å². The maximum atomic E-state index is 12.9. The van der Waals surface area contributed by atoms with Crippen LogP contribution in [0.25, 0.3) is 0 Å². The van der Waals surface area contributed by atoms with Crippen LogP contribution < -0.4 is 5.32 Å². The number of nitrogens with zero attached hydrogens (tertiary/aromatic N) is 2. The Balaban J connectivity index is 1.83. The maximum Gasteiger partial charge on any atom is 0.418 e. The Bertz CT molecular complexity index is 742. The van der Waals surface area contributed by atoms with Crippen molar-refractivity contribution in [1.29, 1.82) is 0 Å². The minimum absolute atomic E-state index is 0.346. The summed E-state index contributed by atoms with van der Waals surface area (Å²) in [6, 6.07) is 1.06. The molecule has 0 spiro atoms. The lowest BCUT2D eigenvalue weighted by atomic mass is 9.93. The number of fused-ring (bicyclic) bond motifs is 1. The molecule has 23 heavy (non-hydrogen) atoms. The van der Waals surface area contributed by atoms with Crippen LogP contribution in [0.15, 0.2) is 18.5 Å². The Labute approximate surface area is 134 Å². The summed E-state index contributed by atoms with van der Waals surface area (Å²) >= 11 is 1.34. The summed E-state index contributed by atoms with van der Waals surface area (Å²) in [4.78, 5) is 21.1. The van der Waals surface area contributed by atoms with Gasteiger partial charge in [-0.15, -0.1) is 11.3 Å². The normalized spacial score (nSPS) is 17.7. The van der Waals surface area contributed by atoms with E-state index in [0.717, 1.165) is 35.9 Å². The van der Waals surface area contributed by atoms with E-state index in [0.29, 0.717) is 17.2 Å². The van der Waals surface area contributed by atoms with Crippen LogP contribution in [0.5, 0.6) is 0 Å². The molecule has 3 rings (SSSR count). The quantitative estimate of drug-likeness (QED) is 0.900. The number of alkyl halides is 3. The maximum absolute atomic E-state index is 12.9. The number of amides is 1. The van der Waals surface area contributed by atoms with Gasteiger partial charge in [0, 0.05) is 17.3 Å².